The molecule has 90 valence electrons. The van der Waals surface area contributed by atoms with Crippen molar-refractivity contribution in [3.05, 3.63) is 35.9 Å². The number of likely N-dealkylation sites (N-methyl/N-ethyl adjacent to an activating group) is 1. The highest BCUT2D eigenvalue weighted by Crippen LogP contribution is 2.26. The fourth-order valence-electron chi connectivity index (χ4n) is 1.69. The Morgan fingerprint density at radius 1 is 1.41 bits per heavy atom. The van der Waals surface area contributed by atoms with Crippen LogP contribution in [0.3, 0.4) is 0 Å². The zero-order valence-corrected chi connectivity index (χ0v) is 10.1. The number of rotatable bonds is 4. The maximum atomic E-state index is 12.3. The fraction of sp³-hybridized carbons (Fsp3) is 0.250. The van der Waals surface area contributed by atoms with Crippen LogP contribution in [0.25, 0.3) is 5.57 Å². The van der Waals surface area contributed by atoms with Crippen molar-refractivity contribution in [2.24, 2.45) is 0 Å². The molecular formula is C12H12FNO2S. The highest BCUT2D eigenvalue weighted by Gasteiger charge is 2.25. The van der Waals surface area contributed by atoms with Crippen molar-refractivity contribution in [2.75, 3.05) is 13.6 Å². The quantitative estimate of drug-likeness (QED) is 0.835. The topological polar surface area (TPSA) is 38.3 Å². The SMILES string of the molecule is CNCC1C=C(c2ccc(SF)cc2)C(=O)O1. The maximum Gasteiger partial charge on any atom is 0.339 e. The van der Waals surface area contributed by atoms with E-state index in [4.69, 9.17) is 4.74 Å². The van der Waals surface area contributed by atoms with Gasteiger partial charge in [-0.25, -0.2) is 4.79 Å². The molecule has 0 spiro atoms. The lowest BCUT2D eigenvalue weighted by Gasteiger charge is -2.05. The molecule has 0 fully saturated rings. The number of carbonyl (C=O) groups excluding carboxylic acids is 1. The standard InChI is InChI=1S/C12H12FNO2S/c1-14-7-9-6-11(12(15)16-9)8-2-4-10(17-13)5-3-8/h2-6,9,14H,7H2,1H3. The number of cyclic esters (lactones) is 1. The summed E-state index contributed by atoms with van der Waals surface area (Å²) in [6, 6.07) is 6.71. The zero-order chi connectivity index (χ0) is 12.3. The molecule has 1 aliphatic rings. The second kappa shape index (κ2) is 5.33. The normalized spacial score (nSPS) is 19.1. The van der Waals surface area contributed by atoms with Crippen LogP contribution in [-0.4, -0.2) is 25.7 Å². The highest BCUT2D eigenvalue weighted by molar-refractivity contribution is 7.94. The zero-order valence-electron chi connectivity index (χ0n) is 9.27. The van der Waals surface area contributed by atoms with E-state index < -0.39 is 0 Å². The largest absolute Gasteiger partial charge is 0.453 e. The van der Waals surface area contributed by atoms with Gasteiger partial charge in [0.1, 0.15) is 6.10 Å². The molecule has 17 heavy (non-hydrogen) atoms. The minimum atomic E-state index is -0.328. The van der Waals surface area contributed by atoms with E-state index in [1.807, 2.05) is 0 Å². The Kier molecular flexibility index (Phi) is 3.81. The van der Waals surface area contributed by atoms with Gasteiger partial charge in [-0.3, -0.25) is 0 Å². The third-order valence-electron chi connectivity index (χ3n) is 2.49. The Morgan fingerprint density at radius 2 is 2.12 bits per heavy atom. The van der Waals surface area contributed by atoms with E-state index in [1.54, 1.807) is 37.4 Å². The monoisotopic (exact) mass is 253 g/mol. The molecule has 1 N–H and O–H groups in total. The van der Waals surface area contributed by atoms with Crippen LogP contribution in [0.4, 0.5) is 3.89 Å². The van der Waals surface area contributed by atoms with Crippen LogP contribution in [0, 0.1) is 0 Å². The number of hydrogen-bond donors (Lipinski definition) is 1. The van der Waals surface area contributed by atoms with Gasteiger partial charge in [0.15, 0.2) is 0 Å². The van der Waals surface area contributed by atoms with Gasteiger partial charge in [0.25, 0.3) is 0 Å². The van der Waals surface area contributed by atoms with Crippen molar-refractivity contribution < 1.29 is 13.4 Å². The number of esters is 1. The van der Waals surface area contributed by atoms with E-state index in [1.165, 1.54) is 0 Å². The molecule has 0 bridgehead atoms. The Hall–Kier alpha value is -1.33. The summed E-state index contributed by atoms with van der Waals surface area (Å²) < 4.78 is 17.4. The minimum Gasteiger partial charge on any atom is -0.453 e. The summed E-state index contributed by atoms with van der Waals surface area (Å²) in [6.07, 6.45) is 1.56. The van der Waals surface area contributed by atoms with Crippen LogP contribution in [0.2, 0.25) is 0 Å². The number of hydrogen-bond acceptors (Lipinski definition) is 4. The maximum absolute atomic E-state index is 12.3. The molecule has 2 rings (SSSR count). The summed E-state index contributed by atoms with van der Waals surface area (Å²) in [7, 11) is 1.80. The van der Waals surface area contributed by atoms with E-state index in [0.717, 1.165) is 5.56 Å². The van der Waals surface area contributed by atoms with E-state index in [-0.39, 0.29) is 24.2 Å². The molecule has 0 saturated carbocycles. The first kappa shape index (κ1) is 12.1. The van der Waals surface area contributed by atoms with Crippen LogP contribution in [0.5, 0.6) is 0 Å². The number of carbonyl (C=O) groups is 1. The Labute approximate surface area is 103 Å². The van der Waals surface area contributed by atoms with Crippen molar-refractivity contribution in [2.45, 2.75) is 11.0 Å². The molecule has 3 nitrogen and oxygen atoms in total. The third-order valence-corrected chi connectivity index (χ3v) is 2.94. The average Bonchev–Trinajstić information content (AvgIpc) is 2.71. The Balaban J connectivity index is 2.20. The second-order valence-electron chi connectivity index (χ2n) is 3.68. The summed E-state index contributed by atoms with van der Waals surface area (Å²) in [6.45, 7) is 0.591. The molecule has 0 amide bonds. The van der Waals surface area contributed by atoms with Gasteiger partial charge in [0.05, 0.1) is 17.7 Å². The number of nitrogens with one attached hydrogen (secondary N) is 1. The van der Waals surface area contributed by atoms with Gasteiger partial charge in [-0.05, 0) is 30.8 Å². The van der Waals surface area contributed by atoms with E-state index >= 15 is 0 Å². The second-order valence-corrected chi connectivity index (χ2v) is 4.31. The van der Waals surface area contributed by atoms with Gasteiger partial charge in [-0.1, -0.05) is 12.1 Å². The molecule has 1 aromatic rings. The van der Waals surface area contributed by atoms with Crippen molar-refractivity contribution in [3.8, 4) is 0 Å². The Bertz CT molecular complexity index is 444. The molecule has 1 aromatic carbocycles. The van der Waals surface area contributed by atoms with Crippen LogP contribution in [0.15, 0.2) is 35.2 Å². The lowest BCUT2D eigenvalue weighted by atomic mass is 10.1. The van der Waals surface area contributed by atoms with E-state index in [0.29, 0.717) is 17.0 Å². The highest BCUT2D eigenvalue weighted by atomic mass is 32.2. The van der Waals surface area contributed by atoms with Crippen LogP contribution >= 0.6 is 12.1 Å². The van der Waals surface area contributed by atoms with Crippen LogP contribution < -0.4 is 5.32 Å². The first-order valence-electron chi connectivity index (χ1n) is 5.21. The molecule has 1 unspecified atom stereocenters. The summed E-state index contributed by atoms with van der Waals surface area (Å²) in [5.74, 6) is -0.328. The van der Waals surface area contributed by atoms with Crippen LogP contribution in [0.1, 0.15) is 5.56 Å². The van der Waals surface area contributed by atoms with Gasteiger partial charge < -0.3 is 10.1 Å². The van der Waals surface area contributed by atoms with Gasteiger partial charge in [0.2, 0.25) is 0 Å². The molecule has 0 aliphatic carbocycles. The third kappa shape index (κ3) is 2.68. The summed E-state index contributed by atoms with van der Waals surface area (Å²) in [5, 5.41) is 2.95. The fourth-order valence-corrected chi connectivity index (χ4v) is 1.93. The molecule has 0 saturated heterocycles. The van der Waals surface area contributed by atoms with Gasteiger partial charge in [-0.2, -0.15) is 3.89 Å². The molecule has 1 aliphatic heterocycles. The van der Waals surface area contributed by atoms with Crippen molar-refractivity contribution in [1.82, 2.24) is 5.32 Å². The molecule has 5 heteroatoms. The van der Waals surface area contributed by atoms with Crippen LogP contribution in [-0.2, 0) is 9.53 Å². The van der Waals surface area contributed by atoms with Crippen molar-refractivity contribution >= 4 is 23.7 Å². The number of benzene rings is 1. The van der Waals surface area contributed by atoms with Crippen molar-refractivity contribution in [1.29, 1.82) is 0 Å². The lowest BCUT2D eigenvalue weighted by Crippen LogP contribution is -2.22. The number of ether oxygens (including phenoxy) is 1. The summed E-state index contributed by atoms with van der Waals surface area (Å²) in [4.78, 5) is 12.1. The Morgan fingerprint density at radius 3 is 2.71 bits per heavy atom. The first-order chi connectivity index (χ1) is 8.24. The summed E-state index contributed by atoms with van der Waals surface area (Å²) >= 11 is 0.184. The molecule has 1 atom stereocenters. The number of halogens is 1. The van der Waals surface area contributed by atoms with E-state index in [9.17, 15) is 8.68 Å². The molecule has 1 heterocycles. The van der Waals surface area contributed by atoms with E-state index in [2.05, 4.69) is 5.32 Å². The van der Waals surface area contributed by atoms with Gasteiger partial charge in [0, 0.05) is 11.4 Å². The molecular weight excluding hydrogens is 241 g/mol. The lowest BCUT2D eigenvalue weighted by molar-refractivity contribution is -0.137. The smallest absolute Gasteiger partial charge is 0.339 e. The predicted molar refractivity (Wildman–Crippen MR) is 65.2 cm³/mol. The first-order valence-corrected chi connectivity index (χ1v) is 5.92. The predicted octanol–water partition coefficient (Wildman–Crippen LogP) is 2.19. The van der Waals surface area contributed by atoms with Crippen molar-refractivity contribution in [3.63, 3.8) is 0 Å². The van der Waals surface area contributed by atoms with Gasteiger partial charge in [-0.15, -0.1) is 0 Å². The molecule has 0 aromatic heterocycles. The summed E-state index contributed by atoms with van der Waals surface area (Å²) in [5.41, 5.74) is 1.30. The van der Waals surface area contributed by atoms with Gasteiger partial charge >= 0.3 is 5.97 Å². The average molecular weight is 253 g/mol. The molecule has 0 radical (unpaired) electrons. The minimum absolute atomic E-state index is 0.184.